The minimum atomic E-state index is -0.761. The summed E-state index contributed by atoms with van der Waals surface area (Å²) >= 11 is 0. The molecule has 0 rings (SSSR count). The molecule has 0 amide bonds. The van der Waals surface area contributed by atoms with Gasteiger partial charge in [-0.1, -0.05) is 214 Å². The van der Waals surface area contributed by atoms with Gasteiger partial charge in [0.15, 0.2) is 6.10 Å². The molecule has 0 saturated heterocycles. The highest BCUT2D eigenvalue weighted by Gasteiger charge is 2.19. The first-order valence-corrected chi connectivity index (χ1v) is 23.3. The van der Waals surface area contributed by atoms with Crippen molar-refractivity contribution in [3.8, 4) is 0 Å². The molecule has 2 unspecified atom stereocenters. The van der Waals surface area contributed by atoms with Gasteiger partial charge in [0.2, 0.25) is 0 Å². The lowest BCUT2D eigenvalue weighted by Gasteiger charge is -2.18. The van der Waals surface area contributed by atoms with E-state index in [-0.39, 0.29) is 31.1 Å². The van der Waals surface area contributed by atoms with Gasteiger partial charge in [-0.15, -0.1) is 0 Å². The van der Waals surface area contributed by atoms with E-state index >= 15 is 0 Å². The number of ether oxygens (including phenoxy) is 3. The van der Waals surface area contributed by atoms with Crippen LogP contribution in [0.4, 0.5) is 0 Å². The maximum absolute atomic E-state index is 12.7. The van der Waals surface area contributed by atoms with Crippen LogP contribution >= 0.6 is 0 Å². The van der Waals surface area contributed by atoms with Crippen LogP contribution in [0.5, 0.6) is 0 Å². The molecule has 6 heteroatoms. The van der Waals surface area contributed by atoms with Crippen LogP contribution in [0.25, 0.3) is 0 Å². The fraction of sp³-hybridized carbons (Fsp3) is 0.936. The predicted octanol–water partition coefficient (Wildman–Crippen LogP) is 14.6. The van der Waals surface area contributed by atoms with E-state index in [1.54, 1.807) is 0 Å². The topological polar surface area (TPSA) is 78.9 Å². The fourth-order valence-corrected chi connectivity index (χ4v) is 6.86. The van der Waals surface area contributed by atoms with Crippen LogP contribution in [-0.4, -0.2) is 37.2 Å². The summed E-state index contributed by atoms with van der Waals surface area (Å²) in [4.78, 5) is 37.7. The summed E-state index contributed by atoms with van der Waals surface area (Å²) in [5, 5.41) is 0. The third kappa shape index (κ3) is 38.5. The lowest BCUT2D eigenvalue weighted by molar-refractivity contribution is -0.167. The minimum Gasteiger partial charge on any atom is -0.462 e. The standard InChI is InChI=1S/C47H90O6/c1-6-9-10-11-12-13-14-15-22-27-32-37-45(48)51-40-44(53-47(50)39-34-29-24-19-17-21-26-31-36-43(5)8-3)41-52-46(49)38-33-28-23-18-16-20-25-30-35-42(4)7-2/h42-44H,6-41H2,1-5H3/t42?,43?,44-/m0/s1. The first kappa shape index (κ1) is 51.4. The molecule has 0 aliphatic heterocycles. The molecule has 0 aliphatic rings. The zero-order chi connectivity index (χ0) is 39.0. The summed E-state index contributed by atoms with van der Waals surface area (Å²) in [6, 6.07) is 0. The van der Waals surface area contributed by atoms with Gasteiger partial charge in [-0.2, -0.15) is 0 Å². The molecule has 0 fully saturated rings. The first-order valence-electron chi connectivity index (χ1n) is 23.3. The molecule has 0 heterocycles. The van der Waals surface area contributed by atoms with Crippen LogP contribution in [0, 0.1) is 11.8 Å². The quantitative estimate of drug-likeness (QED) is 0.0352. The Morgan fingerprint density at radius 1 is 0.377 bits per heavy atom. The van der Waals surface area contributed by atoms with Crippen LogP contribution in [0.2, 0.25) is 0 Å². The number of carbonyl (C=O) groups excluding carboxylic acids is 3. The van der Waals surface area contributed by atoms with Crippen LogP contribution in [0.15, 0.2) is 0 Å². The Balaban J connectivity index is 4.36. The SMILES string of the molecule is CCCCCCCCCCCCCC(=O)OC[C@@H](COC(=O)CCCCCCCCCCC(C)CC)OC(=O)CCCCCCCCCCC(C)CC. The van der Waals surface area contributed by atoms with E-state index in [1.807, 2.05) is 0 Å². The second kappa shape index (κ2) is 40.1. The Labute approximate surface area is 329 Å². The summed E-state index contributed by atoms with van der Waals surface area (Å²) in [6.45, 7) is 11.3. The second-order valence-corrected chi connectivity index (χ2v) is 16.5. The normalized spacial score (nSPS) is 13.1. The summed E-state index contributed by atoms with van der Waals surface area (Å²) in [7, 11) is 0. The average molecular weight is 751 g/mol. The van der Waals surface area contributed by atoms with Crippen LogP contribution in [0.1, 0.15) is 253 Å². The number of rotatable bonds is 41. The van der Waals surface area contributed by atoms with Crippen molar-refractivity contribution in [2.75, 3.05) is 13.2 Å². The Bertz CT molecular complexity index is 813. The number of unbranched alkanes of at least 4 members (excludes halogenated alkanes) is 24. The monoisotopic (exact) mass is 751 g/mol. The largest absolute Gasteiger partial charge is 0.462 e. The van der Waals surface area contributed by atoms with E-state index in [9.17, 15) is 14.4 Å². The van der Waals surface area contributed by atoms with Crippen LogP contribution < -0.4 is 0 Å². The van der Waals surface area contributed by atoms with E-state index < -0.39 is 6.10 Å². The van der Waals surface area contributed by atoms with Gasteiger partial charge in [0.1, 0.15) is 13.2 Å². The third-order valence-electron chi connectivity index (χ3n) is 11.2. The van der Waals surface area contributed by atoms with Gasteiger partial charge in [-0.05, 0) is 31.1 Å². The van der Waals surface area contributed by atoms with E-state index in [2.05, 4.69) is 34.6 Å². The van der Waals surface area contributed by atoms with Crippen molar-refractivity contribution in [3.05, 3.63) is 0 Å². The maximum atomic E-state index is 12.7. The van der Waals surface area contributed by atoms with Gasteiger partial charge in [-0.25, -0.2) is 0 Å². The summed E-state index contributed by atoms with van der Waals surface area (Å²) < 4.78 is 16.7. The zero-order valence-corrected chi connectivity index (χ0v) is 36.1. The summed E-state index contributed by atoms with van der Waals surface area (Å²) in [5.41, 5.74) is 0. The molecule has 3 atom stereocenters. The first-order chi connectivity index (χ1) is 25.8. The molecule has 0 saturated carbocycles. The Morgan fingerprint density at radius 3 is 0.981 bits per heavy atom. The van der Waals surface area contributed by atoms with Crippen molar-refractivity contribution in [1.82, 2.24) is 0 Å². The molecule has 0 aliphatic carbocycles. The number of hydrogen-bond acceptors (Lipinski definition) is 6. The van der Waals surface area contributed by atoms with Crippen molar-refractivity contribution in [3.63, 3.8) is 0 Å². The van der Waals surface area contributed by atoms with Gasteiger partial charge in [-0.3, -0.25) is 14.4 Å². The second-order valence-electron chi connectivity index (χ2n) is 16.5. The zero-order valence-electron chi connectivity index (χ0n) is 36.1. The molecular weight excluding hydrogens is 661 g/mol. The van der Waals surface area contributed by atoms with Crippen LogP contribution in [0.3, 0.4) is 0 Å². The Morgan fingerprint density at radius 2 is 0.660 bits per heavy atom. The average Bonchev–Trinajstić information content (AvgIpc) is 3.15. The number of carbonyl (C=O) groups is 3. The molecule has 0 N–H and O–H groups in total. The number of esters is 3. The highest BCUT2D eigenvalue weighted by molar-refractivity contribution is 5.71. The highest BCUT2D eigenvalue weighted by Crippen LogP contribution is 2.17. The molecule has 0 aromatic rings. The Kier molecular flexibility index (Phi) is 38.9. The third-order valence-corrected chi connectivity index (χ3v) is 11.2. The molecule has 53 heavy (non-hydrogen) atoms. The lowest BCUT2D eigenvalue weighted by atomic mass is 9.99. The van der Waals surface area contributed by atoms with E-state index in [0.29, 0.717) is 19.3 Å². The van der Waals surface area contributed by atoms with Gasteiger partial charge in [0.25, 0.3) is 0 Å². The van der Waals surface area contributed by atoms with Crippen molar-refractivity contribution in [2.24, 2.45) is 11.8 Å². The molecule has 0 spiro atoms. The van der Waals surface area contributed by atoms with Crippen molar-refractivity contribution >= 4 is 17.9 Å². The van der Waals surface area contributed by atoms with E-state index in [0.717, 1.165) is 69.6 Å². The molecule has 6 nitrogen and oxygen atoms in total. The van der Waals surface area contributed by atoms with Gasteiger partial charge in [0.05, 0.1) is 0 Å². The maximum Gasteiger partial charge on any atom is 0.306 e. The van der Waals surface area contributed by atoms with Gasteiger partial charge >= 0.3 is 17.9 Å². The lowest BCUT2D eigenvalue weighted by Crippen LogP contribution is -2.30. The number of hydrogen-bond donors (Lipinski definition) is 0. The smallest absolute Gasteiger partial charge is 0.306 e. The minimum absolute atomic E-state index is 0.0652. The molecule has 0 aromatic heterocycles. The molecular formula is C47H90O6. The molecule has 0 aromatic carbocycles. The van der Waals surface area contributed by atoms with Gasteiger partial charge < -0.3 is 14.2 Å². The van der Waals surface area contributed by atoms with Crippen LogP contribution in [-0.2, 0) is 28.6 Å². The highest BCUT2D eigenvalue weighted by atomic mass is 16.6. The molecule has 0 radical (unpaired) electrons. The van der Waals surface area contributed by atoms with Crippen molar-refractivity contribution in [1.29, 1.82) is 0 Å². The van der Waals surface area contributed by atoms with E-state index in [1.165, 1.54) is 141 Å². The molecule has 0 bridgehead atoms. The van der Waals surface area contributed by atoms with Crippen molar-refractivity contribution in [2.45, 2.75) is 259 Å². The predicted molar refractivity (Wildman–Crippen MR) is 224 cm³/mol. The Hall–Kier alpha value is -1.59. The summed E-state index contributed by atoms with van der Waals surface area (Å²) in [5.74, 6) is 0.834. The molecule has 314 valence electrons. The fourth-order valence-electron chi connectivity index (χ4n) is 6.86. The van der Waals surface area contributed by atoms with Crippen molar-refractivity contribution < 1.29 is 28.6 Å². The van der Waals surface area contributed by atoms with E-state index in [4.69, 9.17) is 14.2 Å². The van der Waals surface area contributed by atoms with Gasteiger partial charge in [0, 0.05) is 19.3 Å². The summed E-state index contributed by atoms with van der Waals surface area (Å²) in [6.07, 6.45) is 37.9.